The van der Waals surface area contributed by atoms with Crippen LogP contribution >= 0.6 is 0 Å². The Labute approximate surface area is 127 Å². The Hall–Kier alpha value is -2.70. The molecule has 3 rings (SSSR count). The minimum absolute atomic E-state index is 0.143. The highest BCUT2D eigenvalue weighted by atomic mass is 16.4. The third kappa shape index (κ3) is 2.45. The molecule has 1 aliphatic heterocycles. The van der Waals surface area contributed by atoms with Crippen LogP contribution < -0.4 is 0 Å². The van der Waals surface area contributed by atoms with Crippen LogP contribution in [0.2, 0.25) is 0 Å². The minimum Gasteiger partial charge on any atom is -0.481 e. The number of carbonyl (C=O) groups is 2. The molecule has 0 unspecified atom stereocenters. The molecule has 0 saturated carbocycles. The van der Waals surface area contributed by atoms with Crippen molar-refractivity contribution in [2.24, 2.45) is 5.41 Å². The third-order valence-corrected chi connectivity index (χ3v) is 4.08. The molecule has 7 heteroatoms. The quantitative estimate of drug-likeness (QED) is 0.920. The largest absolute Gasteiger partial charge is 0.481 e. The lowest BCUT2D eigenvalue weighted by atomic mass is 9.90. The Morgan fingerprint density at radius 1 is 1.27 bits per heavy atom. The number of carboxylic acid groups (broad SMARTS) is 1. The fraction of sp³-hybridized carbons (Fsp3) is 0.333. The molecule has 1 aliphatic rings. The zero-order chi connectivity index (χ0) is 15.7. The van der Waals surface area contributed by atoms with Crippen molar-refractivity contribution >= 4 is 11.9 Å². The topological polar surface area (TPSA) is 88.3 Å². The number of nitrogens with zero attached hydrogens (tertiary/aromatic N) is 4. The lowest BCUT2D eigenvalue weighted by molar-refractivity contribution is -0.147. The molecule has 1 aromatic carbocycles. The monoisotopic (exact) mass is 300 g/mol. The SMILES string of the molecule is C[C@@]1(C(=O)O)CCN(C(=O)c2ccc(-n3ccnn3)cc2)C1. The number of hydrogen-bond donors (Lipinski definition) is 1. The van der Waals surface area contributed by atoms with E-state index in [-0.39, 0.29) is 12.5 Å². The second-order valence-electron chi connectivity index (χ2n) is 5.74. The first-order valence-electron chi connectivity index (χ1n) is 6.99. The molecule has 22 heavy (non-hydrogen) atoms. The van der Waals surface area contributed by atoms with E-state index in [1.54, 1.807) is 53.2 Å². The molecule has 1 amide bonds. The maximum atomic E-state index is 12.5. The van der Waals surface area contributed by atoms with Gasteiger partial charge in [0.05, 0.1) is 23.5 Å². The molecule has 1 saturated heterocycles. The predicted molar refractivity (Wildman–Crippen MR) is 77.6 cm³/mol. The van der Waals surface area contributed by atoms with E-state index in [1.807, 2.05) is 0 Å². The van der Waals surface area contributed by atoms with Crippen molar-refractivity contribution in [3.63, 3.8) is 0 Å². The first-order valence-corrected chi connectivity index (χ1v) is 6.99. The summed E-state index contributed by atoms with van der Waals surface area (Å²) >= 11 is 0. The number of aromatic nitrogens is 3. The number of hydrogen-bond acceptors (Lipinski definition) is 4. The van der Waals surface area contributed by atoms with Crippen LogP contribution in [0.5, 0.6) is 0 Å². The van der Waals surface area contributed by atoms with E-state index in [0.717, 1.165) is 5.69 Å². The van der Waals surface area contributed by atoms with Gasteiger partial charge in [-0.05, 0) is 37.6 Å². The number of rotatable bonds is 3. The fourth-order valence-corrected chi connectivity index (χ4v) is 2.59. The summed E-state index contributed by atoms with van der Waals surface area (Å²) < 4.78 is 1.60. The van der Waals surface area contributed by atoms with E-state index >= 15 is 0 Å². The van der Waals surface area contributed by atoms with Gasteiger partial charge in [-0.25, -0.2) is 4.68 Å². The molecule has 1 N–H and O–H groups in total. The summed E-state index contributed by atoms with van der Waals surface area (Å²) in [4.78, 5) is 25.3. The second kappa shape index (κ2) is 5.25. The van der Waals surface area contributed by atoms with Crippen LogP contribution in [-0.4, -0.2) is 50.0 Å². The van der Waals surface area contributed by atoms with E-state index < -0.39 is 11.4 Å². The van der Waals surface area contributed by atoms with Crippen LogP contribution in [-0.2, 0) is 4.79 Å². The van der Waals surface area contributed by atoms with Gasteiger partial charge in [0.2, 0.25) is 0 Å². The zero-order valence-electron chi connectivity index (χ0n) is 12.1. The first-order chi connectivity index (χ1) is 10.5. The van der Waals surface area contributed by atoms with Gasteiger partial charge in [-0.1, -0.05) is 5.21 Å². The van der Waals surface area contributed by atoms with Gasteiger partial charge in [-0.15, -0.1) is 5.10 Å². The Morgan fingerprint density at radius 2 is 2.00 bits per heavy atom. The van der Waals surface area contributed by atoms with Crippen molar-refractivity contribution in [1.29, 1.82) is 0 Å². The van der Waals surface area contributed by atoms with Crippen LogP contribution in [0.15, 0.2) is 36.7 Å². The first kappa shape index (κ1) is 14.2. The number of carbonyl (C=O) groups excluding carboxylic acids is 1. The molecule has 1 aromatic heterocycles. The standard InChI is InChI=1S/C15H16N4O3/c1-15(14(21)22)6-8-18(10-15)13(20)11-2-4-12(5-3-11)19-9-7-16-17-19/h2-5,7,9H,6,8,10H2,1H3,(H,21,22)/t15-/m1/s1. The summed E-state index contributed by atoms with van der Waals surface area (Å²) in [6, 6.07) is 7.01. The molecule has 2 aromatic rings. The summed E-state index contributed by atoms with van der Waals surface area (Å²) in [6.07, 6.45) is 3.77. The average Bonchev–Trinajstić information content (AvgIpc) is 3.17. The Morgan fingerprint density at radius 3 is 2.55 bits per heavy atom. The van der Waals surface area contributed by atoms with E-state index in [0.29, 0.717) is 18.5 Å². The van der Waals surface area contributed by atoms with E-state index in [1.165, 1.54) is 0 Å². The number of carboxylic acids is 1. The van der Waals surface area contributed by atoms with Crippen LogP contribution in [0.1, 0.15) is 23.7 Å². The van der Waals surface area contributed by atoms with Crippen molar-refractivity contribution < 1.29 is 14.7 Å². The second-order valence-corrected chi connectivity index (χ2v) is 5.74. The summed E-state index contributed by atoms with van der Waals surface area (Å²) in [5.74, 6) is -1.00. The van der Waals surface area contributed by atoms with Gasteiger partial charge in [0.25, 0.3) is 5.91 Å². The summed E-state index contributed by atoms with van der Waals surface area (Å²) in [6.45, 7) is 2.38. The van der Waals surface area contributed by atoms with Crippen molar-refractivity contribution in [3.8, 4) is 5.69 Å². The average molecular weight is 300 g/mol. The van der Waals surface area contributed by atoms with Crippen LogP contribution in [0.4, 0.5) is 0 Å². The zero-order valence-corrected chi connectivity index (χ0v) is 12.1. The molecule has 1 fully saturated rings. The fourth-order valence-electron chi connectivity index (χ4n) is 2.59. The van der Waals surface area contributed by atoms with Gasteiger partial charge in [0.1, 0.15) is 0 Å². The van der Waals surface area contributed by atoms with Crippen LogP contribution in [0, 0.1) is 5.41 Å². The molecule has 0 radical (unpaired) electrons. The predicted octanol–water partition coefficient (Wildman–Crippen LogP) is 1.20. The molecular weight excluding hydrogens is 284 g/mol. The molecular formula is C15H16N4O3. The molecule has 0 bridgehead atoms. The molecule has 0 aliphatic carbocycles. The molecule has 114 valence electrons. The molecule has 2 heterocycles. The van der Waals surface area contributed by atoms with Gasteiger partial charge < -0.3 is 10.0 Å². The Kier molecular flexibility index (Phi) is 3.40. The van der Waals surface area contributed by atoms with E-state index in [2.05, 4.69) is 10.3 Å². The van der Waals surface area contributed by atoms with Crippen LogP contribution in [0.3, 0.4) is 0 Å². The highest BCUT2D eigenvalue weighted by molar-refractivity contribution is 5.95. The van der Waals surface area contributed by atoms with Gasteiger partial charge >= 0.3 is 5.97 Å². The molecule has 0 spiro atoms. The Balaban J connectivity index is 1.75. The van der Waals surface area contributed by atoms with Crippen LogP contribution in [0.25, 0.3) is 5.69 Å². The number of likely N-dealkylation sites (tertiary alicyclic amines) is 1. The number of aliphatic carboxylic acids is 1. The van der Waals surface area contributed by atoms with Crippen molar-refractivity contribution in [3.05, 3.63) is 42.2 Å². The number of benzene rings is 1. The van der Waals surface area contributed by atoms with Gasteiger partial charge in [-0.3, -0.25) is 9.59 Å². The highest BCUT2D eigenvalue weighted by Gasteiger charge is 2.42. The molecule has 1 atom stereocenters. The smallest absolute Gasteiger partial charge is 0.311 e. The van der Waals surface area contributed by atoms with E-state index in [9.17, 15) is 14.7 Å². The van der Waals surface area contributed by atoms with Gasteiger partial charge in [0, 0.05) is 18.7 Å². The van der Waals surface area contributed by atoms with Crippen molar-refractivity contribution in [2.75, 3.05) is 13.1 Å². The van der Waals surface area contributed by atoms with Crippen molar-refractivity contribution in [1.82, 2.24) is 19.9 Å². The summed E-state index contributed by atoms with van der Waals surface area (Å²) in [5, 5.41) is 16.8. The normalized spacial score (nSPS) is 21.0. The van der Waals surface area contributed by atoms with Crippen molar-refractivity contribution in [2.45, 2.75) is 13.3 Å². The van der Waals surface area contributed by atoms with E-state index in [4.69, 9.17) is 0 Å². The number of amides is 1. The highest BCUT2D eigenvalue weighted by Crippen LogP contribution is 2.31. The summed E-state index contributed by atoms with van der Waals surface area (Å²) in [5.41, 5.74) is 0.500. The lowest BCUT2D eigenvalue weighted by Gasteiger charge is -2.20. The maximum absolute atomic E-state index is 12.5. The third-order valence-electron chi connectivity index (χ3n) is 4.08. The summed E-state index contributed by atoms with van der Waals surface area (Å²) in [7, 11) is 0. The lowest BCUT2D eigenvalue weighted by Crippen LogP contribution is -2.34. The minimum atomic E-state index is -0.857. The Bertz CT molecular complexity index is 696. The van der Waals surface area contributed by atoms with Gasteiger partial charge in [0.15, 0.2) is 0 Å². The maximum Gasteiger partial charge on any atom is 0.311 e. The molecule has 7 nitrogen and oxygen atoms in total. The van der Waals surface area contributed by atoms with Gasteiger partial charge in [-0.2, -0.15) is 0 Å².